The van der Waals surface area contributed by atoms with Gasteiger partial charge in [-0.1, -0.05) is 6.07 Å². The van der Waals surface area contributed by atoms with Crippen LogP contribution in [0.5, 0.6) is 11.5 Å². The van der Waals surface area contributed by atoms with Crippen LogP contribution in [-0.2, 0) is 11.2 Å². The van der Waals surface area contributed by atoms with Crippen LogP contribution in [0.3, 0.4) is 0 Å². The molecular weight excluding hydrogens is 338 g/mol. The summed E-state index contributed by atoms with van der Waals surface area (Å²) in [6.07, 6.45) is 0.150. The van der Waals surface area contributed by atoms with Crippen molar-refractivity contribution in [3.8, 4) is 11.5 Å². The molecule has 0 aromatic heterocycles. The minimum absolute atomic E-state index is 0.290. The van der Waals surface area contributed by atoms with Crippen LogP contribution in [-0.4, -0.2) is 51.6 Å². The first kappa shape index (κ1) is 21.4. The Balaban J connectivity index is 2.22. The zero-order chi connectivity index (χ0) is 19.6. The van der Waals surface area contributed by atoms with E-state index in [-0.39, 0.29) is 12.6 Å². The molecule has 0 saturated carbocycles. The van der Waals surface area contributed by atoms with Crippen LogP contribution >= 0.6 is 0 Å². The number of nitrogens with one attached hydrogen (secondary N) is 3. The van der Waals surface area contributed by atoms with Gasteiger partial charge in [-0.15, -0.1) is 0 Å². The van der Waals surface area contributed by atoms with Crippen LogP contribution in [0.1, 0.15) is 26.3 Å². The SMILES string of the molecule is COc1ccc(CCNC(=O)NCCNC(=O)OC(C)(C)C)cc1OC. The first-order valence-corrected chi connectivity index (χ1v) is 8.44. The fraction of sp³-hybridized carbons (Fsp3) is 0.556. The third-order valence-corrected chi connectivity index (χ3v) is 3.23. The number of methoxy groups -OCH3 is 2. The van der Waals surface area contributed by atoms with Crippen molar-refractivity contribution in [1.82, 2.24) is 16.0 Å². The third-order valence-electron chi connectivity index (χ3n) is 3.23. The molecule has 0 spiro atoms. The maximum atomic E-state index is 11.7. The molecule has 1 aromatic rings. The zero-order valence-corrected chi connectivity index (χ0v) is 16.1. The minimum atomic E-state index is -0.543. The number of alkyl carbamates (subject to hydrolysis) is 1. The fourth-order valence-electron chi connectivity index (χ4n) is 2.07. The lowest BCUT2D eigenvalue weighted by molar-refractivity contribution is 0.0528. The van der Waals surface area contributed by atoms with Crippen molar-refractivity contribution >= 4 is 12.1 Å². The lowest BCUT2D eigenvalue weighted by Gasteiger charge is -2.19. The van der Waals surface area contributed by atoms with E-state index < -0.39 is 11.7 Å². The molecule has 3 amide bonds. The Labute approximate surface area is 154 Å². The maximum absolute atomic E-state index is 11.7. The first-order valence-electron chi connectivity index (χ1n) is 8.44. The highest BCUT2D eigenvalue weighted by Crippen LogP contribution is 2.27. The average molecular weight is 367 g/mol. The van der Waals surface area contributed by atoms with E-state index in [1.54, 1.807) is 35.0 Å². The summed E-state index contributed by atoms with van der Waals surface area (Å²) in [6.45, 7) is 6.43. The lowest BCUT2D eigenvalue weighted by atomic mass is 10.1. The van der Waals surface area contributed by atoms with Crippen molar-refractivity contribution in [3.05, 3.63) is 23.8 Å². The van der Waals surface area contributed by atoms with E-state index in [0.29, 0.717) is 31.0 Å². The summed E-state index contributed by atoms with van der Waals surface area (Å²) in [7, 11) is 3.17. The maximum Gasteiger partial charge on any atom is 0.407 e. The van der Waals surface area contributed by atoms with Gasteiger partial charge in [0.1, 0.15) is 5.60 Å². The monoisotopic (exact) mass is 367 g/mol. The molecule has 8 nitrogen and oxygen atoms in total. The smallest absolute Gasteiger partial charge is 0.407 e. The average Bonchev–Trinajstić information content (AvgIpc) is 2.57. The van der Waals surface area contributed by atoms with Gasteiger partial charge in [0.15, 0.2) is 11.5 Å². The van der Waals surface area contributed by atoms with E-state index in [4.69, 9.17) is 14.2 Å². The number of benzene rings is 1. The molecule has 1 rings (SSSR count). The minimum Gasteiger partial charge on any atom is -0.493 e. The molecule has 0 radical (unpaired) electrons. The van der Waals surface area contributed by atoms with E-state index in [9.17, 15) is 9.59 Å². The van der Waals surface area contributed by atoms with Crippen LogP contribution in [0, 0.1) is 0 Å². The van der Waals surface area contributed by atoms with E-state index in [2.05, 4.69) is 16.0 Å². The van der Waals surface area contributed by atoms with Crippen LogP contribution in [0.15, 0.2) is 18.2 Å². The molecule has 0 bridgehead atoms. The summed E-state index contributed by atoms with van der Waals surface area (Å²) in [4.78, 5) is 23.2. The second kappa shape index (κ2) is 10.4. The lowest BCUT2D eigenvalue weighted by Crippen LogP contribution is -2.41. The standard InChI is InChI=1S/C18H29N3O5/c1-18(2,3)26-17(23)21-11-10-20-16(22)19-9-8-13-6-7-14(24-4)15(12-13)25-5/h6-7,12H,8-11H2,1-5H3,(H,21,23)(H2,19,20,22). The Kier molecular flexibility index (Phi) is 8.54. The summed E-state index contributed by atoms with van der Waals surface area (Å²) in [5, 5.41) is 7.99. The highest BCUT2D eigenvalue weighted by atomic mass is 16.6. The molecule has 3 N–H and O–H groups in total. The number of hydrogen-bond donors (Lipinski definition) is 3. The van der Waals surface area contributed by atoms with Gasteiger partial charge in [-0.2, -0.15) is 0 Å². The highest BCUT2D eigenvalue weighted by molar-refractivity contribution is 5.74. The molecule has 146 valence electrons. The van der Waals surface area contributed by atoms with Gasteiger partial charge in [0.2, 0.25) is 0 Å². The molecule has 0 aliphatic heterocycles. The summed E-state index contributed by atoms with van der Waals surface area (Å²) in [5.41, 5.74) is 0.480. The highest BCUT2D eigenvalue weighted by Gasteiger charge is 2.15. The van der Waals surface area contributed by atoms with Crippen LogP contribution in [0.4, 0.5) is 9.59 Å². The predicted molar refractivity (Wildman–Crippen MR) is 98.9 cm³/mol. The van der Waals surface area contributed by atoms with Crippen LogP contribution in [0.25, 0.3) is 0 Å². The number of rotatable bonds is 8. The van der Waals surface area contributed by atoms with Gasteiger partial charge in [0.25, 0.3) is 0 Å². The van der Waals surface area contributed by atoms with Crippen molar-refractivity contribution in [1.29, 1.82) is 0 Å². The van der Waals surface area contributed by atoms with Gasteiger partial charge in [0, 0.05) is 19.6 Å². The quantitative estimate of drug-likeness (QED) is 0.611. The Morgan fingerprint density at radius 2 is 1.54 bits per heavy atom. The Morgan fingerprint density at radius 1 is 0.923 bits per heavy atom. The summed E-state index contributed by atoms with van der Waals surface area (Å²) < 4.78 is 15.5. The molecule has 1 aromatic carbocycles. The number of carbonyl (C=O) groups excluding carboxylic acids is 2. The number of amides is 3. The van der Waals surface area contributed by atoms with E-state index in [1.807, 2.05) is 18.2 Å². The van der Waals surface area contributed by atoms with E-state index >= 15 is 0 Å². The van der Waals surface area contributed by atoms with Crippen molar-refractivity contribution < 1.29 is 23.8 Å². The molecule has 0 heterocycles. The number of carbonyl (C=O) groups is 2. The van der Waals surface area contributed by atoms with Gasteiger partial charge in [0.05, 0.1) is 14.2 Å². The molecule has 0 aliphatic rings. The van der Waals surface area contributed by atoms with Gasteiger partial charge < -0.3 is 30.2 Å². The fourth-order valence-corrected chi connectivity index (χ4v) is 2.07. The molecule has 8 heteroatoms. The van der Waals surface area contributed by atoms with E-state index in [1.165, 1.54) is 0 Å². The van der Waals surface area contributed by atoms with E-state index in [0.717, 1.165) is 5.56 Å². The second-order valence-electron chi connectivity index (χ2n) is 6.55. The third kappa shape index (κ3) is 8.46. The summed E-state index contributed by atoms with van der Waals surface area (Å²) >= 11 is 0. The largest absolute Gasteiger partial charge is 0.493 e. The van der Waals surface area contributed by atoms with Gasteiger partial charge in [-0.05, 0) is 44.9 Å². The predicted octanol–water partition coefficient (Wildman–Crippen LogP) is 2.07. The normalized spacial score (nSPS) is 10.7. The van der Waals surface area contributed by atoms with Crippen molar-refractivity contribution in [2.24, 2.45) is 0 Å². The van der Waals surface area contributed by atoms with Crippen molar-refractivity contribution in [3.63, 3.8) is 0 Å². The summed E-state index contributed by atoms with van der Waals surface area (Å²) in [6, 6.07) is 5.34. The number of ether oxygens (including phenoxy) is 3. The molecule has 0 saturated heterocycles. The Bertz CT molecular complexity index is 599. The molecule has 26 heavy (non-hydrogen) atoms. The van der Waals surface area contributed by atoms with Gasteiger partial charge in [-0.3, -0.25) is 0 Å². The van der Waals surface area contributed by atoms with Crippen LogP contribution in [0.2, 0.25) is 0 Å². The number of hydrogen-bond acceptors (Lipinski definition) is 5. The Morgan fingerprint density at radius 3 is 2.15 bits per heavy atom. The first-order chi connectivity index (χ1) is 12.2. The molecule has 0 aliphatic carbocycles. The van der Waals surface area contributed by atoms with Gasteiger partial charge >= 0.3 is 12.1 Å². The zero-order valence-electron chi connectivity index (χ0n) is 16.1. The molecule has 0 atom stereocenters. The summed E-state index contributed by atoms with van der Waals surface area (Å²) in [5.74, 6) is 1.32. The molecular formula is C18H29N3O5. The molecule has 0 fully saturated rings. The Hall–Kier alpha value is -2.64. The van der Waals surface area contributed by atoms with Gasteiger partial charge in [-0.25, -0.2) is 9.59 Å². The van der Waals surface area contributed by atoms with Crippen LogP contribution < -0.4 is 25.4 Å². The topological polar surface area (TPSA) is 97.9 Å². The van der Waals surface area contributed by atoms with Crippen molar-refractivity contribution in [2.45, 2.75) is 32.8 Å². The second-order valence-corrected chi connectivity index (χ2v) is 6.55. The number of urea groups is 1. The van der Waals surface area contributed by atoms with Crippen molar-refractivity contribution in [2.75, 3.05) is 33.9 Å². The molecule has 0 unspecified atom stereocenters.